The molecule has 1 saturated heterocycles. The molecule has 0 N–H and O–H groups in total. The van der Waals surface area contributed by atoms with Gasteiger partial charge < -0.3 is 4.90 Å². The largest absolute Gasteiger partial charge is 0.329 e. The Morgan fingerprint density at radius 1 is 1.15 bits per heavy atom. The van der Waals surface area contributed by atoms with E-state index in [1.165, 1.54) is 19.3 Å². The molecule has 13 heavy (non-hydrogen) atoms. The molecule has 4 atom stereocenters. The van der Waals surface area contributed by atoms with Crippen LogP contribution in [0.25, 0.3) is 0 Å². The fraction of sp³-hybridized carbons (Fsp3) is 0.900. The Balaban J connectivity index is 1.79. The molecule has 2 saturated carbocycles. The Morgan fingerprint density at radius 3 is 2.15 bits per heavy atom. The third-order valence-electron chi connectivity index (χ3n) is 4.39. The lowest BCUT2D eigenvalue weighted by atomic mass is 9.82. The summed E-state index contributed by atoms with van der Waals surface area (Å²) in [5, 5.41) is -0.242. The van der Waals surface area contributed by atoms with E-state index in [0.29, 0.717) is 0 Å². The van der Waals surface area contributed by atoms with E-state index in [1.54, 1.807) is 0 Å². The van der Waals surface area contributed by atoms with Gasteiger partial charge in [-0.15, -0.1) is 0 Å². The third kappa shape index (κ3) is 1.04. The zero-order valence-electron chi connectivity index (χ0n) is 7.58. The number of carbonyl (C=O) groups excluding carboxylic acids is 1. The Kier molecular flexibility index (Phi) is 1.64. The summed E-state index contributed by atoms with van der Waals surface area (Å²) < 4.78 is 0. The Hall–Kier alpha value is -0.240. The van der Waals surface area contributed by atoms with E-state index in [-0.39, 0.29) is 5.37 Å². The number of hydrogen-bond acceptors (Lipinski definition) is 1. The van der Waals surface area contributed by atoms with Crippen molar-refractivity contribution in [1.82, 2.24) is 4.90 Å². The van der Waals surface area contributed by atoms with Gasteiger partial charge in [0.1, 0.15) is 0 Å². The zero-order valence-corrected chi connectivity index (χ0v) is 8.33. The van der Waals surface area contributed by atoms with Gasteiger partial charge in [0.25, 0.3) is 0 Å². The fourth-order valence-electron chi connectivity index (χ4n) is 3.83. The maximum absolute atomic E-state index is 11.0. The molecule has 2 nitrogen and oxygen atoms in total. The van der Waals surface area contributed by atoms with Crippen molar-refractivity contribution in [2.75, 3.05) is 13.1 Å². The number of rotatable bonds is 0. The average Bonchev–Trinajstić information content (AvgIpc) is 2.76. The molecule has 0 aromatic heterocycles. The van der Waals surface area contributed by atoms with Crippen LogP contribution in [0.4, 0.5) is 4.79 Å². The van der Waals surface area contributed by atoms with Crippen LogP contribution in [0.3, 0.4) is 0 Å². The van der Waals surface area contributed by atoms with Gasteiger partial charge in [-0.1, -0.05) is 0 Å². The van der Waals surface area contributed by atoms with Gasteiger partial charge in [0.15, 0.2) is 0 Å². The lowest BCUT2D eigenvalue weighted by Gasteiger charge is -2.22. The fourth-order valence-corrected chi connectivity index (χ4v) is 3.96. The first-order valence-corrected chi connectivity index (χ1v) is 5.58. The van der Waals surface area contributed by atoms with Crippen LogP contribution in [0.2, 0.25) is 0 Å². The quantitative estimate of drug-likeness (QED) is 0.433. The van der Waals surface area contributed by atoms with Crippen molar-refractivity contribution in [3.8, 4) is 0 Å². The lowest BCUT2D eigenvalue weighted by Crippen LogP contribution is -2.25. The molecule has 0 spiro atoms. The standard InChI is InChI=1S/C10H14ClNO/c11-10(13)12-4-8-6-1-2-7(3-6)9(8)5-12/h6-9H,1-5H2/t6-,7+,8+,9-. The summed E-state index contributed by atoms with van der Waals surface area (Å²) >= 11 is 5.50. The maximum atomic E-state index is 11.0. The summed E-state index contributed by atoms with van der Waals surface area (Å²) in [4.78, 5) is 12.8. The predicted octanol–water partition coefficient (Wildman–Crippen LogP) is 2.32. The number of carbonyl (C=O) groups is 1. The number of halogens is 1. The van der Waals surface area contributed by atoms with Gasteiger partial charge in [0.05, 0.1) is 0 Å². The minimum atomic E-state index is -0.242. The van der Waals surface area contributed by atoms with Crippen molar-refractivity contribution in [3.05, 3.63) is 0 Å². The van der Waals surface area contributed by atoms with Crippen molar-refractivity contribution in [2.24, 2.45) is 23.7 Å². The first kappa shape index (κ1) is 8.10. The monoisotopic (exact) mass is 199 g/mol. The van der Waals surface area contributed by atoms with Gasteiger partial charge in [-0.3, -0.25) is 4.79 Å². The van der Waals surface area contributed by atoms with Gasteiger partial charge >= 0.3 is 5.37 Å². The highest BCUT2D eigenvalue weighted by molar-refractivity contribution is 6.62. The molecule has 3 aliphatic rings. The second kappa shape index (κ2) is 2.63. The maximum Gasteiger partial charge on any atom is 0.316 e. The highest BCUT2D eigenvalue weighted by Crippen LogP contribution is 2.55. The molecule has 2 bridgehead atoms. The van der Waals surface area contributed by atoms with E-state index in [9.17, 15) is 4.79 Å². The van der Waals surface area contributed by atoms with Crippen LogP contribution in [0.5, 0.6) is 0 Å². The molecule has 3 heteroatoms. The molecule has 1 aliphatic heterocycles. The Labute approximate surface area is 83.2 Å². The Bertz CT molecular complexity index is 237. The number of nitrogens with zero attached hydrogens (tertiary/aromatic N) is 1. The minimum Gasteiger partial charge on any atom is -0.329 e. The van der Waals surface area contributed by atoms with Gasteiger partial charge in [-0.05, 0) is 54.5 Å². The van der Waals surface area contributed by atoms with Gasteiger partial charge in [0, 0.05) is 13.1 Å². The van der Waals surface area contributed by atoms with E-state index < -0.39 is 0 Å². The highest BCUT2D eigenvalue weighted by Gasteiger charge is 2.52. The predicted molar refractivity (Wildman–Crippen MR) is 50.6 cm³/mol. The summed E-state index contributed by atoms with van der Waals surface area (Å²) in [6.07, 6.45) is 4.23. The van der Waals surface area contributed by atoms with Crippen LogP contribution in [-0.2, 0) is 0 Å². The minimum absolute atomic E-state index is 0.242. The van der Waals surface area contributed by atoms with Crippen LogP contribution in [0.1, 0.15) is 19.3 Å². The van der Waals surface area contributed by atoms with E-state index in [2.05, 4.69) is 0 Å². The van der Waals surface area contributed by atoms with E-state index >= 15 is 0 Å². The molecule has 0 aromatic carbocycles. The zero-order chi connectivity index (χ0) is 9.00. The van der Waals surface area contributed by atoms with E-state index in [4.69, 9.17) is 11.6 Å². The topological polar surface area (TPSA) is 20.3 Å². The van der Waals surface area contributed by atoms with Crippen molar-refractivity contribution >= 4 is 17.0 Å². The SMILES string of the molecule is O=C(Cl)N1C[C@@H]2[C@H]3CC[C@H](C3)[C@@H]2C1. The van der Waals surface area contributed by atoms with Gasteiger partial charge in [0.2, 0.25) is 0 Å². The van der Waals surface area contributed by atoms with E-state index in [1.807, 2.05) is 4.90 Å². The molecule has 0 aromatic rings. The molecule has 2 aliphatic carbocycles. The second-order valence-electron chi connectivity index (χ2n) is 4.82. The molecule has 72 valence electrons. The summed E-state index contributed by atoms with van der Waals surface area (Å²) in [5.74, 6) is 3.41. The summed E-state index contributed by atoms with van der Waals surface area (Å²) in [6, 6.07) is 0. The van der Waals surface area contributed by atoms with E-state index in [0.717, 1.165) is 36.8 Å². The number of hydrogen-bond donors (Lipinski definition) is 0. The molecular formula is C10H14ClNO. The van der Waals surface area contributed by atoms with Crippen LogP contribution >= 0.6 is 11.6 Å². The smallest absolute Gasteiger partial charge is 0.316 e. The molecule has 1 amide bonds. The molecule has 3 fully saturated rings. The van der Waals surface area contributed by atoms with Crippen molar-refractivity contribution in [1.29, 1.82) is 0 Å². The molecular weight excluding hydrogens is 186 g/mol. The number of amides is 1. The second-order valence-corrected chi connectivity index (χ2v) is 5.14. The third-order valence-corrected chi connectivity index (χ3v) is 4.62. The van der Waals surface area contributed by atoms with Gasteiger partial charge in [-0.25, -0.2) is 0 Å². The van der Waals surface area contributed by atoms with Crippen molar-refractivity contribution < 1.29 is 4.79 Å². The van der Waals surface area contributed by atoms with Gasteiger partial charge in [-0.2, -0.15) is 0 Å². The molecule has 0 radical (unpaired) electrons. The first-order valence-electron chi connectivity index (χ1n) is 5.20. The normalized spacial score (nSPS) is 47.0. The van der Waals surface area contributed by atoms with Crippen LogP contribution in [0, 0.1) is 23.7 Å². The van der Waals surface area contributed by atoms with Crippen LogP contribution < -0.4 is 0 Å². The first-order chi connectivity index (χ1) is 6.25. The highest BCUT2D eigenvalue weighted by atomic mass is 35.5. The Morgan fingerprint density at radius 2 is 1.69 bits per heavy atom. The summed E-state index contributed by atoms with van der Waals surface area (Å²) in [6.45, 7) is 1.88. The van der Waals surface area contributed by atoms with Crippen LogP contribution in [-0.4, -0.2) is 23.4 Å². The van der Waals surface area contributed by atoms with Crippen molar-refractivity contribution in [3.63, 3.8) is 0 Å². The molecule has 0 unspecified atom stereocenters. The average molecular weight is 200 g/mol. The summed E-state index contributed by atoms with van der Waals surface area (Å²) in [7, 11) is 0. The molecule has 1 heterocycles. The molecule has 3 rings (SSSR count). The van der Waals surface area contributed by atoms with Crippen molar-refractivity contribution in [2.45, 2.75) is 19.3 Å². The number of likely N-dealkylation sites (tertiary alicyclic amines) is 1. The lowest BCUT2D eigenvalue weighted by molar-refractivity contribution is 0.226. The van der Waals surface area contributed by atoms with Crippen LogP contribution in [0.15, 0.2) is 0 Å². The summed E-state index contributed by atoms with van der Waals surface area (Å²) in [5.41, 5.74) is 0. The number of fused-ring (bicyclic) bond motifs is 5.